The highest BCUT2D eigenvalue weighted by Gasteiger charge is 2.23. The van der Waals surface area contributed by atoms with Gasteiger partial charge in [0.2, 0.25) is 5.91 Å². The number of hydrogen-bond acceptors (Lipinski definition) is 7. The van der Waals surface area contributed by atoms with Crippen LogP contribution in [-0.2, 0) is 17.8 Å². The fourth-order valence-electron chi connectivity index (χ4n) is 3.20. The predicted octanol–water partition coefficient (Wildman–Crippen LogP) is 3.66. The number of anilines is 2. The molecule has 0 unspecified atom stereocenters. The number of nitrogens with one attached hydrogen (secondary N) is 2. The molecule has 3 aromatic rings. The largest absolute Gasteiger partial charge is 0.325 e. The summed E-state index contributed by atoms with van der Waals surface area (Å²) in [6, 6.07) is 10.5. The highest BCUT2D eigenvalue weighted by molar-refractivity contribution is 7.16. The summed E-state index contributed by atoms with van der Waals surface area (Å²) in [7, 11) is 0. The zero-order valence-electron chi connectivity index (χ0n) is 16.3. The quantitative estimate of drug-likeness (QED) is 0.571. The van der Waals surface area contributed by atoms with Gasteiger partial charge in [0.25, 0.3) is 5.91 Å². The van der Waals surface area contributed by atoms with E-state index >= 15 is 0 Å². The molecule has 2 aromatic heterocycles. The first-order valence-corrected chi connectivity index (χ1v) is 11.1. The van der Waals surface area contributed by atoms with Crippen LogP contribution in [0.5, 0.6) is 0 Å². The van der Waals surface area contributed by atoms with Gasteiger partial charge in [0.15, 0.2) is 10.9 Å². The Kier molecular flexibility index (Phi) is 6.03. The van der Waals surface area contributed by atoms with Crippen LogP contribution in [0.1, 0.15) is 37.5 Å². The number of fused-ring (bicyclic) bond motifs is 1. The molecule has 0 spiro atoms. The molecule has 3 heterocycles. The van der Waals surface area contributed by atoms with Crippen LogP contribution < -0.4 is 10.6 Å². The molecule has 1 aliphatic heterocycles. The van der Waals surface area contributed by atoms with Crippen LogP contribution >= 0.6 is 22.7 Å². The number of carbonyl (C=O) groups is 3. The lowest BCUT2D eigenvalue weighted by Crippen LogP contribution is -2.36. The molecule has 2 amide bonds. The maximum Gasteiger partial charge on any atom is 0.267 e. The predicted molar refractivity (Wildman–Crippen MR) is 118 cm³/mol. The minimum absolute atomic E-state index is 0.00694. The Morgan fingerprint density at radius 1 is 1.13 bits per heavy atom. The number of rotatable bonds is 6. The number of hydrogen-bond donors (Lipinski definition) is 2. The van der Waals surface area contributed by atoms with Gasteiger partial charge in [0, 0.05) is 35.6 Å². The Bertz CT molecular complexity index is 1070. The van der Waals surface area contributed by atoms with Gasteiger partial charge in [0.1, 0.15) is 0 Å². The molecule has 0 saturated heterocycles. The average molecular weight is 441 g/mol. The number of carbonyl (C=O) groups excluding carboxylic acids is 3. The van der Waals surface area contributed by atoms with Crippen LogP contribution in [0, 0.1) is 0 Å². The first-order valence-electron chi connectivity index (χ1n) is 9.44. The molecular weight excluding hydrogens is 420 g/mol. The molecule has 0 bridgehead atoms. The Morgan fingerprint density at radius 3 is 2.63 bits per heavy atom. The molecule has 30 heavy (non-hydrogen) atoms. The second-order valence-corrected chi connectivity index (χ2v) is 8.99. The zero-order valence-corrected chi connectivity index (χ0v) is 17.9. The van der Waals surface area contributed by atoms with E-state index < -0.39 is 0 Å². The van der Waals surface area contributed by atoms with Gasteiger partial charge in [-0.2, -0.15) is 0 Å². The summed E-state index contributed by atoms with van der Waals surface area (Å²) in [5, 5.41) is 8.18. The van der Waals surface area contributed by atoms with Crippen molar-refractivity contribution in [1.82, 2.24) is 9.88 Å². The van der Waals surface area contributed by atoms with E-state index in [0.29, 0.717) is 27.8 Å². The molecular formula is C21H20N4O3S2. The van der Waals surface area contributed by atoms with Gasteiger partial charge in [-0.3, -0.25) is 24.6 Å². The third-order valence-corrected chi connectivity index (χ3v) is 6.58. The second-order valence-electron chi connectivity index (χ2n) is 6.96. The minimum atomic E-state index is -0.150. The molecule has 9 heteroatoms. The van der Waals surface area contributed by atoms with Crippen LogP contribution in [0.4, 0.5) is 10.8 Å². The van der Waals surface area contributed by atoms with E-state index in [1.54, 1.807) is 30.3 Å². The fraction of sp³-hybridized carbons (Fsp3) is 0.238. The zero-order chi connectivity index (χ0) is 21.1. The van der Waals surface area contributed by atoms with Crippen molar-refractivity contribution in [1.29, 1.82) is 0 Å². The number of thiophene rings is 1. The van der Waals surface area contributed by atoms with Crippen molar-refractivity contribution in [3.8, 4) is 0 Å². The molecule has 0 saturated carbocycles. The van der Waals surface area contributed by atoms with Crippen molar-refractivity contribution in [3.63, 3.8) is 0 Å². The molecule has 2 N–H and O–H groups in total. The van der Waals surface area contributed by atoms with E-state index in [2.05, 4.69) is 20.5 Å². The summed E-state index contributed by atoms with van der Waals surface area (Å²) in [6.07, 6.45) is 0.737. The van der Waals surface area contributed by atoms with Crippen LogP contribution in [0.2, 0.25) is 0 Å². The summed E-state index contributed by atoms with van der Waals surface area (Å²) in [5.41, 5.74) is 2.26. The first kappa shape index (κ1) is 20.4. The Labute approximate surface area is 181 Å². The smallest absolute Gasteiger partial charge is 0.267 e. The number of ketones is 1. The molecule has 0 atom stereocenters. The summed E-state index contributed by atoms with van der Waals surface area (Å²) in [5.74, 6) is -0.264. The number of nitrogens with zero attached hydrogens (tertiary/aromatic N) is 2. The lowest BCUT2D eigenvalue weighted by molar-refractivity contribution is -0.117. The number of Topliss-reactive ketones (excluding diaryl/α,β-unsaturated/α-hetero) is 1. The molecule has 154 valence electrons. The first-order chi connectivity index (χ1) is 14.5. The Balaban J connectivity index is 1.32. The van der Waals surface area contributed by atoms with E-state index in [4.69, 9.17) is 0 Å². The maximum atomic E-state index is 12.4. The summed E-state index contributed by atoms with van der Waals surface area (Å²) >= 11 is 2.85. The normalized spacial score (nSPS) is 13.5. The number of benzene rings is 1. The molecule has 0 radical (unpaired) electrons. The monoisotopic (exact) mass is 440 g/mol. The van der Waals surface area contributed by atoms with E-state index in [9.17, 15) is 14.4 Å². The fourth-order valence-corrected chi connectivity index (χ4v) is 4.86. The second kappa shape index (κ2) is 8.86. The van der Waals surface area contributed by atoms with E-state index in [0.717, 1.165) is 23.5 Å². The van der Waals surface area contributed by atoms with Crippen molar-refractivity contribution in [3.05, 3.63) is 62.8 Å². The highest BCUT2D eigenvalue weighted by Crippen LogP contribution is 2.29. The van der Waals surface area contributed by atoms with Gasteiger partial charge in [0.05, 0.1) is 17.1 Å². The lowest BCUT2D eigenvalue weighted by Gasteiger charge is -2.25. The molecule has 4 rings (SSSR count). The number of thiazole rings is 1. The van der Waals surface area contributed by atoms with Crippen molar-refractivity contribution in [2.75, 3.05) is 23.7 Å². The summed E-state index contributed by atoms with van der Waals surface area (Å²) in [6.45, 7) is 3.13. The van der Waals surface area contributed by atoms with Crippen LogP contribution in [0.3, 0.4) is 0 Å². The van der Waals surface area contributed by atoms with Crippen molar-refractivity contribution in [2.45, 2.75) is 19.9 Å². The van der Waals surface area contributed by atoms with E-state index in [-0.39, 0.29) is 24.1 Å². The molecule has 7 nitrogen and oxygen atoms in total. The SMILES string of the molecule is CC(=O)c1ccc(NC(=O)CN2CCc3nc(NC(=O)c4cccs4)sc3C2)cc1. The molecule has 1 aromatic carbocycles. The Morgan fingerprint density at radius 2 is 1.93 bits per heavy atom. The van der Waals surface area contributed by atoms with Gasteiger partial charge in [-0.25, -0.2) is 4.98 Å². The van der Waals surface area contributed by atoms with Gasteiger partial charge >= 0.3 is 0 Å². The summed E-state index contributed by atoms with van der Waals surface area (Å²) < 4.78 is 0. The van der Waals surface area contributed by atoms with Crippen molar-refractivity contribution >= 4 is 51.1 Å². The van der Waals surface area contributed by atoms with Crippen molar-refractivity contribution in [2.24, 2.45) is 0 Å². The molecule has 1 aliphatic rings. The third kappa shape index (κ3) is 4.81. The van der Waals surface area contributed by atoms with E-state index in [1.165, 1.54) is 29.6 Å². The lowest BCUT2D eigenvalue weighted by atomic mass is 10.1. The van der Waals surface area contributed by atoms with Gasteiger partial charge in [-0.1, -0.05) is 6.07 Å². The van der Waals surface area contributed by atoms with Gasteiger partial charge < -0.3 is 5.32 Å². The highest BCUT2D eigenvalue weighted by atomic mass is 32.1. The van der Waals surface area contributed by atoms with Crippen molar-refractivity contribution < 1.29 is 14.4 Å². The minimum Gasteiger partial charge on any atom is -0.325 e. The van der Waals surface area contributed by atoms with E-state index in [1.807, 2.05) is 11.4 Å². The van der Waals surface area contributed by atoms with Crippen LogP contribution in [0.15, 0.2) is 41.8 Å². The molecule has 0 aliphatic carbocycles. The molecule has 0 fully saturated rings. The van der Waals surface area contributed by atoms with Gasteiger partial charge in [-0.05, 0) is 42.6 Å². The van der Waals surface area contributed by atoms with Gasteiger partial charge in [-0.15, -0.1) is 22.7 Å². The number of amides is 2. The third-order valence-electron chi connectivity index (χ3n) is 4.72. The Hall–Kier alpha value is -2.88. The average Bonchev–Trinajstić information content (AvgIpc) is 3.37. The summed E-state index contributed by atoms with van der Waals surface area (Å²) in [4.78, 5) is 44.3. The standard InChI is InChI=1S/C21H20N4O3S2/c1-13(26)14-4-6-15(7-5-14)22-19(27)12-25-9-8-16-18(11-25)30-21(23-16)24-20(28)17-3-2-10-29-17/h2-7,10H,8-9,11-12H2,1H3,(H,22,27)(H,23,24,28). The number of aromatic nitrogens is 1. The van der Waals surface area contributed by atoms with Crippen LogP contribution in [-0.4, -0.2) is 40.6 Å². The topological polar surface area (TPSA) is 91.4 Å². The maximum absolute atomic E-state index is 12.4. The van der Waals surface area contributed by atoms with Crippen LogP contribution in [0.25, 0.3) is 0 Å².